The lowest BCUT2D eigenvalue weighted by Crippen LogP contribution is -1.87. The minimum absolute atomic E-state index is 0.617. The second-order valence-electron chi connectivity index (χ2n) is 3.03. The van der Waals surface area contributed by atoms with Crippen LogP contribution in [0.1, 0.15) is 20.7 Å². The maximum Gasteiger partial charge on any atom is 0.150 e. The van der Waals surface area contributed by atoms with Crippen LogP contribution in [0.5, 0.6) is 0 Å². The summed E-state index contributed by atoms with van der Waals surface area (Å²) in [6.45, 7) is 0. The summed E-state index contributed by atoms with van der Waals surface area (Å²) >= 11 is 0. The lowest BCUT2D eigenvalue weighted by molar-refractivity contribution is 0.111. The Balaban J connectivity index is 2.90. The topological polar surface area (TPSA) is 34.1 Å². The highest BCUT2D eigenvalue weighted by Gasteiger charge is 2.02. The van der Waals surface area contributed by atoms with Crippen LogP contribution in [0, 0.1) is 0 Å². The smallest absolute Gasteiger partial charge is 0.150 e. The van der Waals surface area contributed by atoms with Crippen LogP contribution in [-0.2, 0) is 0 Å². The predicted molar refractivity (Wildman–Crippen MR) is 54.7 cm³/mol. The van der Waals surface area contributed by atoms with Gasteiger partial charge in [0, 0.05) is 11.1 Å². The van der Waals surface area contributed by atoms with Crippen molar-refractivity contribution in [3.63, 3.8) is 0 Å². The van der Waals surface area contributed by atoms with E-state index in [1.807, 2.05) is 12.1 Å². The lowest BCUT2D eigenvalue weighted by Gasteiger charge is -2.02. The van der Waals surface area contributed by atoms with Crippen molar-refractivity contribution in [2.45, 2.75) is 0 Å². The number of hydrogen-bond acceptors (Lipinski definition) is 2. The maximum absolute atomic E-state index is 10.7. The summed E-state index contributed by atoms with van der Waals surface area (Å²) in [7, 11) is 0. The van der Waals surface area contributed by atoms with Gasteiger partial charge >= 0.3 is 0 Å². The molecule has 0 unspecified atom stereocenters. The molecule has 0 bridgehead atoms. The Morgan fingerprint density at radius 2 is 1.14 bits per heavy atom. The first-order chi connectivity index (χ1) is 6.86. The predicted octanol–water partition coefficient (Wildman–Crippen LogP) is 2.46. The van der Waals surface area contributed by atoms with E-state index in [-0.39, 0.29) is 0 Å². The largest absolute Gasteiger partial charge is 0.298 e. The third-order valence-corrected chi connectivity index (χ3v) is 2.24. The molecular formula is C12H8O2. The molecule has 0 atom stereocenters. The molecule has 2 nitrogen and oxygen atoms in total. The zero-order valence-electron chi connectivity index (χ0n) is 7.44. The van der Waals surface area contributed by atoms with Crippen LogP contribution < -0.4 is 0 Å². The fraction of sp³-hybridized carbons (Fsp3) is 0. The van der Waals surface area contributed by atoms with Crippen LogP contribution in [0.2, 0.25) is 0 Å². The van der Waals surface area contributed by atoms with E-state index < -0.39 is 0 Å². The van der Waals surface area contributed by atoms with Gasteiger partial charge in [0.25, 0.3) is 0 Å². The molecule has 0 spiro atoms. The summed E-state index contributed by atoms with van der Waals surface area (Å²) < 4.78 is 0. The van der Waals surface area contributed by atoms with Crippen molar-refractivity contribution in [1.29, 1.82) is 0 Å². The van der Waals surface area contributed by atoms with E-state index in [9.17, 15) is 9.59 Å². The van der Waals surface area contributed by atoms with Gasteiger partial charge in [-0.05, 0) is 10.8 Å². The van der Waals surface area contributed by atoms with Crippen molar-refractivity contribution in [2.24, 2.45) is 0 Å². The van der Waals surface area contributed by atoms with Crippen molar-refractivity contribution >= 4 is 23.3 Å². The van der Waals surface area contributed by atoms with Crippen LogP contribution in [0.15, 0.2) is 36.4 Å². The Labute approximate surface area is 81.2 Å². The van der Waals surface area contributed by atoms with Gasteiger partial charge in [-0.3, -0.25) is 9.59 Å². The minimum atomic E-state index is 0.617. The van der Waals surface area contributed by atoms with Gasteiger partial charge in [-0.1, -0.05) is 36.4 Å². The fourth-order valence-corrected chi connectivity index (χ4v) is 1.56. The molecule has 14 heavy (non-hydrogen) atoms. The highest BCUT2D eigenvalue weighted by molar-refractivity contribution is 6.04. The summed E-state index contributed by atoms with van der Waals surface area (Å²) in [4.78, 5) is 21.5. The normalized spacial score (nSPS) is 10.0. The average Bonchev–Trinajstić information content (AvgIpc) is 2.27. The molecule has 0 saturated heterocycles. The molecule has 0 amide bonds. The highest BCUT2D eigenvalue weighted by atomic mass is 16.1. The van der Waals surface area contributed by atoms with E-state index in [1.165, 1.54) is 0 Å². The van der Waals surface area contributed by atoms with Crippen molar-refractivity contribution in [1.82, 2.24) is 0 Å². The van der Waals surface area contributed by atoms with Gasteiger partial charge in [-0.25, -0.2) is 0 Å². The van der Waals surface area contributed by atoms with Crippen LogP contribution in [-0.4, -0.2) is 12.6 Å². The molecule has 0 aliphatic carbocycles. The van der Waals surface area contributed by atoms with E-state index in [4.69, 9.17) is 0 Å². The molecule has 68 valence electrons. The summed E-state index contributed by atoms with van der Waals surface area (Å²) in [6, 6.07) is 10.7. The molecule has 2 aromatic rings. The van der Waals surface area contributed by atoms with Crippen LogP contribution in [0.3, 0.4) is 0 Å². The summed E-state index contributed by atoms with van der Waals surface area (Å²) in [5.74, 6) is 0. The first-order valence-electron chi connectivity index (χ1n) is 4.29. The van der Waals surface area contributed by atoms with Crippen LogP contribution in [0.25, 0.3) is 10.8 Å². The average molecular weight is 184 g/mol. The molecule has 0 N–H and O–H groups in total. The van der Waals surface area contributed by atoms with Gasteiger partial charge in [-0.15, -0.1) is 0 Å². The van der Waals surface area contributed by atoms with Crippen molar-refractivity contribution < 1.29 is 9.59 Å². The monoisotopic (exact) mass is 184 g/mol. The summed E-state index contributed by atoms with van der Waals surface area (Å²) in [5, 5.41) is 1.65. The van der Waals surface area contributed by atoms with E-state index >= 15 is 0 Å². The second-order valence-corrected chi connectivity index (χ2v) is 3.03. The number of aldehydes is 2. The Bertz CT molecular complexity index is 453. The van der Waals surface area contributed by atoms with Crippen molar-refractivity contribution in [3.05, 3.63) is 47.5 Å². The van der Waals surface area contributed by atoms with E-state index in [0.29, 0.717) is 11.1 Å². The molecule has 0 heterocycles. The minimum Gasteiger partial charge on any atom is -0.298 e. The summed E-state index contributed by atoms with van der Waals surface area (Å²) in [6.07, 6.45) is 1.60. The highest BCUT2D eigenvalue weighted by Crippen LogP contribution is 2.20. The zero-order chi connectivity index (χ0) is 9.97. The van der Waals surface area contributed by atoms with Gasteiger partial charge in [0.2, 0.25) is 0 Å². The Kier molecular flexibility index (Phi) is 2.11. The van der Waals surface area contributed by atoms with E-state index in [0.717, 1.165) is 23.3 Å². The maximum atomic E-state index is 10.7. The van der Waals surface area contributed by atoms with Gasteiger partial charge < -0.3 is 0 Å². The third-order valence-electron chi connectivity index (χ3n) is 2.24. The van der Waals surface area contributed by atoms with E-state index in [2.05, 4.69) is 0 Å². The number of fused-ring (bicyclic) bond motifs is 1. The molecule has 0 aromatic heterocycles. The molecule has 2 rings (SSSR count). The number of carbonyl (C=O) groups excluding carboxylic acids is 2. The van der Waals surface area contributed by atoms with Gasteiger partial charge in [0.15, 0.2) is 12.6 Å². The number of hydrogen-bond donors (Lipinski definition) is 0. The molecular weight excluding hydrogens is 176 g/mol. The first-order valence-corrected chi connectivity index (χ1v) is 4.29. The molecule has 2 aromatic carbocycles. The third kappa shape index (κ3) is 1.21. The van der Waals surface area contributed by atoms with Crippen LogP contribution in [0.4, 0.5) is 0 Å². The number of carbonyl (C=O) groups is 2. The van der Waals surface area contributed by atoms with Gasteiger partial charge in [-0.2, -0.15) is 0 Å². The number of benzene rings is 2. The second kappa shape index (κ2) is 3.42. The standard InChI is InChI=1S/C12H8O2/c13-7-9-3-1-5-11-10(8-14)4-2-6-12(9)11/h1-8H. The molecule has 0 aliphatic rings. The molecule has 0 radical (unpaired) electrons. The van der Waals surface area contributed by atoms with Crippen LogP contribution >= 0.6 is 0 Å². The van der Waals surface area contributed by atoms with Gasteiger partial charge in [0.1, 0.15) is 0 Å². The molecule has 2 heteroatoms. The Morgan fingerprint density at radius 1 is 0.714 bits per heavy atom. The lowest BCUT2D eigenvalue weighted by atomic mass is 10.0. The van der Waals surface area contributed by atoms with Gasteiger partial charge in [0.05, 0.1) is 0 Å². The zero-order valence-corrected chi connectivity index (χ0v) is 7.44. The fourth-order valence-electron chi connectivity index (χ4n) is 1.56. The first kappa shape index (κ1) is 8.63. The summed E-state index contributed by atoms with van der Waals surface area (Å²) in [5.41, 5.74) is 1.23. The molecule has 0 fully saturated rings. The quantitative estimate of drug-likeness (QED) is 0.672. The van der Waals surface area contributed by atoms with E-state index in [1.54, 1.807) is 24.3 Å². The number of rotatable bonds is 2. The van der Waals surface area contributed by atoms with Crippen molar-refractivity contribution in [2.75, 3.05) is 0 Å². The molecule has 0 saturated carbocycles. The molecule has 0 aliphatic heterocycles. The van der Waals surface area contributed by atoms with Crippen molar-refractivity contribution in [3.8, 4) is 0 Å². The SMILES string of the molecule is O=Cc1cccc2c(C=O)cccc12. The Morgan fingerprint density at radius 3 is 1.50 bits per heavy atom. The Hall–Kier alpha value is -1.96.